The minimum absolute atomic E-state index is 0.145. The normalized spacial score (nSPS) is 10.8. The van der Waals surface area contributed by atoms with E-state index < -0.39 is 4.92 Å². The first kappa shape index (κ1) is 12.7. The Bertz CT molecular complexity index is 363. The van der Waals surface area contributed by atoms with Gasteiger partial charge in [-0.25, -0.2) is 0 Å². The number of nitrogens with zero attached hydrogens (tertiary/aromatic N) is 1. The lowest BCUT2D eigenvalue weighted by atomic mass is 10.4. The van der Waals surface area contributed by atoms with E-state index in [-0.39, 0.29) is 5.00 Å². The Hall–Kier alpha value is -1.40. The molecule has 0 saturated carbocycles. The van der Waals surface area contributed by atoms with E-state index in [1.54, 1.807) is 18.3 Å². The molecule has 0 aliphatic carbocycles. The van der Waals surface area contributed by atoms with Gasteiger partial charge < -0.3 is 0 Å². The quantitative estimate of drug-likeness (QED) is 0.453. The summed E-state index contributed by atoms with van der Waals surface area (Å²) >= 11 is 1.13. The highest BCUT2D eigenvalue weighted by atomic mass is 32.1. The van der Waals surface area contributed by atoms with Crippen LogP contribution in [0.5, 0.6) is 0 Å². The predicted octanol–water partition coefficient (Wildman–Crippen LogP) is 2.95. The maximum absolute atomic E-state index is 10.4. The molecule has 0 fully saturated rings. The van der Waals surface area contributed by atoms with Gasteiger partial charge in [-0.1, -0.05) is 24.7 Å². The molecular formula is C10H14N2O3S. The van der Waals surface area contributed by atoms with E-state index in [2.05, 4.69) is 12.4 Å². The molecule has 0 unspecified atom stereocenters. The number of unbranched alkanes of at least 4 members (excludes halogenated alkanes) is 1. The van der Waals surface area contributed by atoms with Crippen molar-refractivity contribution in [2.45, 2.75) is 19.8 Å². The molecule has 0 spiro atoms. The fourth-order valence-electron chi connectivity index (χ4n) is 0.970. The summed E-state index contributed by atoms with van der Waals surface area (Å²) < 4.78 is 0. The molecule has 88 valence electrons. The first-order valence-electron chi connectivity index (χ1n) is 5.02. The summed E-state index contributed by atoms with van der Waals surface area (Å²) in [7, 11) is 0. The summed E-state index contributed by atoms with van der Waals surface area (Å²) in [6.07, 6.45) is 5.46. The highest BCUT2D eigenvalue weighted by molar-refractivity contribution is 7.16. The molecule has 6 heteroatoms. The molecule has 0 atom stereocenters. The third-order valence-corrected chi connectivity index (χ3v) is 2.79. The smallest absolute Gasteiger partial charge is 0.277 e. The second-order valence-electron chi connectivity index (χ2n) is 3.09. The van der Waals surface area contributed by atoms with Crippen molar-refractivity contribution in [3.8, 4) is 0 Å². The van der Waals surface area contributed by atoms with Crippen LogP contribution in [0, 0.1) is 10.1 Å². The third kappa shape index (κ3) is 4.41. The number of thiophene rings is 1. The van der Waals surface area contributed by atoms with E-state index in [1.807, 2.05) is 0 Å². The summed E-state index contributed by atoms with van der Waals surface area (Å²) in [5, 5.41) is 10.6. The second-order valence-corrected chi connectivity index (χ2v) is 4.18. The van der Waals surface area contributed by atoms with Crippen molar-refractivity contribution in [3.05, 3.63) is 33.3 Å². The maximum atomic E-state index is 10.4. The van der Waals surface area contributed by atoms with Crippen LogP contribution in [0.4, 0.5) is 5.00 Å². The van der Waals surface area contributed by atoms with Gasteiger partial charge in [0.1, 0.15) is 0 Å². The van der Waals surface area contributed by atoms with Gasteiger partial charge in [0.25, 0.3) is 0 Å². The number of hydroxylamine groups is 1. The van der Waals surface area contributed by atoms with Gasteiger partial charge in [0.2, 0.25) is 0 Å². The van der Waals surface area contributed by atoms with Crippen LogP contribution >= 0.6 is 11.3 Å². The van der Waals surface area contributed by atoms with Crippen LogP contribution < -0.4 is 5.48 Å². The first-order chi connectivity index (χ1) is 7.74. The van der Waals surface area contributed by atoms with Crippen molar-refractivity contribution in [2.75, 3.05) is 6.61 Å². The molecule has 0 bridgehead atoms. The van der Waals surface area contributed by atoms with Gasteiger partial charge in [0, 0.05) is 17.1 Å². The monoisotopic (exact) mass is 242 g/mol. The predicted molar refractivity (Wildman–Crippen MR) is 64.0 cm³/mol. The summed E-state index contributed by atoms with van der Waals surface area (Å²) in [5.41, 5.74) is 2.66. The molecule has 0 radical (unpaired) electrons. The van der Waals surface area contributed by atoms with Gasteiger partial charge in [-0.15, -0.1) is 0 Å². The van der Waals surface area contributed by atoms with Gasteiger partial charge in [0.05, 0.1) is 11.5 Å². The third-order valence-electron chi connectivity index (χ3n) is 1.79. The van der Waals surface area contributed by atoms with Crippen LogP contribution in [0.1, 0.15) is 24.6 Å². The molecule has 1 N–H and O–H groups in total. The summed E-state index contributed by atoms with van der Waals surface area (Å²) in [6, 6.07) is 3.19. The van der Waals surface area contributed by atoms with Gasteiger partial charge in [0.15, 0.2) is 0 Å². The van der Waals surface area contributed by atoms with Crippen LogP contribution in [0.2, 0.25) is 0 Å². The Morgan fingerprint density at radius 2 is 2.44 bits per heavy atom. The van der Waals surface area contributed by atoms with E-state index in [1.165, 1.54) is 6.07 Å². The molecule has 5 nitrogen and oxygen atoms in total. The number of hydrogen-bond acceptors (Lipinski definition) is 5. The molecule has 0 aliphatic heterocycles. The lowest BCUT2D eigenvalue weighted by molar-refractivity contribution is -0.380. The highest BCUT2D eigenvalue weighted by Gasteiger charge is 2.07. The number of hydrogen-bond donors (Lipinski definition) is 1. The molecule has 1 rings (SSSR count). The standard InChI is InChI=1S/C10H14N2O3S/c1-2-3-8-15-11-7-6-9-4-5-10(16-9)12(13)14/h4-7,11H,2-3,8H2,1H3. The van der Waals surface area contributed by atoms with Crippen molar-refractivity contribution < 1.29 is 9.76 Å². The summed E-state index contributed by atoms with van der Waals surface area (Å²) in [6.45, 7) is 2.75. The first-order valence-corrected chi connectivity index (χ1v) is 5.83. The Morgan fingerprint density at radius 3 is 3.06 bits per heavy atom. The molecule has 16 heavy (non-hydrogen) atoms. The van der Waals surface area contributed by atoms with Crippen LogP contribution in [0.3, 0.4) is 0 Å². The molecule has 1 aromatic heterocycles. The molecule has 0 amide bonds. The van der Waals surface area contributed by atoms with Crippen molar-refractivity contribution >= 4 is 22.4 Å². The average molecular weight is 242 g/mol. The van der Waals surface area contributed by atoms with Gasteiger partial charge in [-0.2, -0.15) is 0 Å². The molecule has 0 aliphatic rings. The Kier molecular flexibility index (Phi) is 5.52. The van der Waals surface area contributed by atoms with Crippen molar-refractivity contribution in [1.82, 2.24) is 5.48 Å². The lowest BCUT2D eigenvalue weighted by Gasteiger charge is -1.99. The summed E-state index contributed by atoms with van der Waals surface area (Å²) in [4.78, 5) is 15.9. The number of nitro groups is 1. The van der Waals surface area contributed by atoms with Gasteiger partial charge in [-0.05, 0) is 18.6 Å². The summed E-state index contributed by atoms with van der Waals surface area (Å²) in [5.74, 6) is 0. The molecular weight excluding hydrogens is 228 g/mol. The SMILES string of the molecule is CCCCONC=Cc1ccc([N+](=O)[O-])s1. The highest BCUT2D eigenvalue weighted by Crippen LogP contribution is 2.24. The largest absolute Gasteiger partial charge is 0.324 e. The van der Waals surface area contributed by atoms with E-state index in [9.17, 15) is 10.1 Å². The fraction of sp³-hybridized carbons (Fsp3) is 0.400. The van der Waals surface area contributed by atoms with Crippen LogP contribution in [0.15, 0.2) is 18.3 Å². The van der Waals surface area contributed by atoms with Crippen molar-refractivity contribution in [2.24, 2.45) is 0 Å². The van der Waals surface area contributed by atoms with Gasteiger partial charge >= 0.3 is 5.00 Å². The molecule has 1 aromatic rings. The van der Waals surface area contributed by atoms with E-state index in [4.69, 9.17) is 4.84 Å². The lowest BCUT2D eigenvalue weighted by Crippen LogP contribution is -2.06. The van der Waals surface area contributed by atoms with Crippen molar-refractivity contribution in [3.63, 3.8) is 0 Å². The zero-order chi connectivity index (χ0) is 11.8. The van der Waals surface area contributed by atoms with Crippen LogP contribution in [-0.2, 0) is 4.84 Å². The average Bonchev–Trinajstić information content (AvgIpc) is 2.72. The Labute approximate surface area is 97.8 Å². The Morgan fingerprint density at radius 1 is 1.62 bits per heavy atom. The number of rotatable bonds is 7. The van der Waals surface area contributed by atoms with E-state index in [0.717, 1.165) is 29.1 Å². The minimum Gasteiger partial charge on any atom is -0.277 e. The van der Waals surface area contributed by atoms with Crippen molar-refractivity contribution in [1.29, 1.82) is 0 Å². The second kappa shape index (κ2) is 6.97. The van der Waals surface area contributed by atoms with Crippen LogP contribution in [-0.4, -0.2) is 11.5 Å². The fourth-order valence-corrected chi connectivity index (χ4v) is 1.69. The van der Waals surface area contributed by atoms with Crippen LogP contribution in [0.25, 0.3) is 6.08 Å². The minimum atomic E-state index is -0.396. The zero-order valence-corrected chi connectivity index (χ0v) is 9.83. The maximum Gasteiger partial charge on any atom is 0.324 e. The number of nitrogens with one attached hydrogen (secondary N) is 1. The molecule has 1 heterocycles. The molecule has 0 saturated heterocycles. The van der Waals surface area contributed by atoms with E-state index >= 15 is 0 Å². The Balaban J connectivity index is 2.30. The van der Waals surface area contributed by atoms with E-state index in [0.29, 0.717) is 6.61 Å². The topological polar surface area (TPSA) is 64.4 Å². The van der Waals surface area contributed by atoms with Gasteiger partial charge in [-0.3, -0.25) is 20.4 Å². The molecule has 0 aromatic carbocycles. The zero-order valence-electron chi connectivity index (χ0n) is 9.01.